The van der Waals surface area contributed by atoms with E-state index in [4.69, 9.17) is 5.73 Å². The zero-order valence-electron chi connectivity index (χ0n) is 14.7. The summed E-state index contributed by atoms with van der Waals surface area (Å²) < 4.78 is 28.0. The summed E-state index contributed by atoms with van der Waals surface area (Å²) in [6, 6.07) is 7.91. The Morgan fingerprint density at radius 3 is 2.74 bits per heavy atom. The van der Waals surface area contributed by atoms with Crippen LogP contribution in [0.3, 0.4) is 0 Å². The fourth-order valence-corrected chi connectivity index (χ4v) is 3.17. The van der Waals surface area contributed by atoms with E-state index in [-0.39, 0.29) is 12.4 Å². The lowest BCUT2D eigenvalue weighted by molar-refractivity contribution is 0.591. The van der Waals surface area contributed by atoms with Crippen LogP contribution in [-0.2, 0) is 13.0 Å². The van der Waals surface area contributed by atoms with Crippen molar-refractivity contribution < 1.29 is 8.78 Å². The van der Waals surface area contributed by atoms with Crippen LogP contribution in [0.5, 0.6) is 0 Å². The molecule has 1 unspecified atom stereocenters. The second-order valence-corrected chi connectivity index (χ2v) is 6.28. The average Bonchev–Trinajstić information content (AvgIpc) is 3.02. The number of aromatic nitrogens is 3. The lowest BCUT2D eigenvalue weighted by atomic mass is 10.1. The van der Waals surface area contributed by atoms with E-state index in [0.29, 0.717) is 40.7 Å². The van der Waals surface area contributed by atoms with Crippen molar-refractivity contribution in [2.45, 2.75) is 26.1 Å². The van der Waals surface area contributed by atoms with Gasteiger partial charge in [-0.25, -0.2) is 18.7 Å². The molecule has 3 N–H and O–H groups in total. The number of fused-ring (bicyclic) bond motifs is 1. The average molecular weight is 368 g/mol. The van der Waals surface area contributed by atoms with E-state index in [9.17, 15) is 8.78 Å². The van der Waals surface area contributed by atoms with Gasteiger partial charge in [0, 0.05) is 30.3 Å². The molecule has 4 rings (SSSR count). The highest BCUT2D eigenvalue weighted by molar-refractivity contribution is 5.81. The van der Waals surface area contributed by atoms with Crippen molar-refractivity contribution >= 4 is 17.3 Å². The molecule has 1 aliphatic rings. The Balaban J connectivity index is 1.81. The number of nitrogens with two attached hydrogens (primary N) is 1. The molecule has 27 heavy (non-hydrogen) atoms. The van der Waals surface area contributed by atoms with E-state index < -0.39 is 12.0 Å². The Morgan fingerprint density at radius 2 is 2.00 bits per heavy atom. The molecule has 0 saturated carbocycles. The number of nitrogens with one attached hydrogen (secondary N) is 1. The number of nitrogen functional groups attached to an aromatic ring is 1. The number of pyridine rings is 1. The van der Waals surface area contributed by atoms with Gasteiger partial charge in [-0.15, -0.1) is 0 Å². The number of hydrogen-bond donors (Lipinski definition) is 2. The number of anilines is 3. The van der Waals surface area contributed by atoms with Crippen LogP contribution in [-0.4, -0.2) is 15.0 Å². The topological polar surface area (TPSA) is 80.0 Å². The van der Waals surface area contributed by atoms with Gasteiger partial charge in [-0.05, 0) is 12.1 Å². The molecule has 6 nitrogen and oxygen atoms in total. The predicted octanol–water partition coefficient (Wildman–Crippen LogP) is 3.43. The third kappa shape index (κ3) is 3.14. The quantitative estimate of drug-likeness (QED) is 0.735. The Bertz CT molecular complexity index is 994. The minimum absolute atomic E-state index is 0.230. The maximum Gasteiger partial charge on any atom is 0.160 e. The standard InChI is InChI=1S/C19H18F2N6/c1-2-15-24-17(22)16-19(25-15)27(10-11-5-3-4-6-14(11)21)18(26-16)12-7-13(20)9-23-8-12/h3-9,18,26H,2,10H2,1H3,(H2,22,24,25). The molecule has 0 spiro atoms. The van der Waals surface area contributed by atoms with Crippen LogP contribution < -0.4 is 16.0 Å². The highest BCUT2D eigenvalue weighted by Gasteiger charge is 2.34. The van der Waals surface area contributed by atoms with E-state index in [2.05, 4.69) is 20.3 Å². The van der Waals surface area contributed by atoms with Crippen LogP contribution in [0.4, 0.5) is 26.1 Å². The molecule has 138 valence electrons. The Morgan fingerprint density at radius 1 is 1.19 bits per heavy atom. The van der Waals surface area contributed by atoms with Gasteiger partial charge in [0.15, 0.2) is 11.6 Å². The summed E-state index contributed by atoms with van der Waals surface area (Å²) in [5.74, 6) is 0.688. The van der Waals surface area contributed by atoms with Crippen LogP contribution in [0.15, 0.2) is 42.7 Å². The molecule has 0 saturated heterocycles. The zero-order chi connectivity index (χ0) is 19.0. The van der Waals surface area contributed by atoms with Crippen LogP contribution in [0, 0.1) is 11.6 Å². The first kappa shape index (κ1) is 17.1. The molecule has 2 aromatic heterocycles. The zero-order valence-corrected chi connectivity index (χ0v) is 14.7. The summed E-state index contributed by atoms with van der Waals surface area (Å²) in [6.45, 7) is 2.16. The molecule has 1 aliphatic heterocycles. The third-order valence-electron chi connectivity index (χ3n) is 4.49. The smallest absolute Gasteiger partial charge is 0.160 e. The summed E-state index contributed by atoms with van der Waals surface area (Å²) in [4.78, 5) is 14.6. The highest BCUT2D eigenvalue weighted by Crippen LogP contribution is 2.43. The van der Waals surface area contributed by atoms with Crippen LogP contribution in [0.1, 0.15) is 30.0 Å². The van der Waals surface area contributed by atoms with Crippen molar-refractivity contribution in [1.29, 1.82) is 0 Å². The molecule has 0 fully saturated rings. The van der Waals surface area contributed by atoms with Crippen LogP contribution in [0.2, 0.25) is 0 Å². The van der Waals surface area contributed by atoms with Crippen LogP contribution in [0.25, 0.3) is 0 Å². The van der Waals surface area contributed by atoms with Gasteiger partial charge < -0.3 is 16.0 Å². The number of nitrogens with zero attached hydrogens (tertiary/aromatic N) is 4. The molecular weight excluding hydrogens is 350 g/mol. The van der Waals surface area contributed by atoms with E-state index in [1.807, 2.05) is 11.8 Å². The summed E-state index contributed by atoms with van der Waals surface area (Å²) in [6.07, 6.45) is 2.81. The molecule has 8 heteroatoms. The van der Waals surface area contributed by atoms with Gasteiger partial charge in [0.2, 0.25) is 0 Å². The van der Waals surface area contributed by atoms with Crippen molar-refractivity contribution in [2.75, 3.05) is 16.0 Å². The van der Waals surface area contributed by atoms with Gasteiger partial charge in [0.25, 0.3) is 0 Å². The van der Waals surface area contributed by atoms with E-state index >= 15 is 0 Å². The summed E-state index contributed by atoms with van der Waals surface area (Å²) in [5.41, 5.74) is 7.74. The summed E-state index contributed by atoms with van der Waals surface area (Å²) in [5, 5.41) is 3.23. The van der Waals surface area contributed by atoms with Crippen molar-refractivity contribution in [3.8, 4) is 0 Å². The monoisotopic (exact) mass is 368 g/mol. The van der Waals surface area contributed by atoms with Gasteiger partial charge in [-0.2, -0.15) is 0 Å². The third-order valence-corrected chi connectivity index (χ3v) is 4.49. The molecule has 0 aliphatic carbocycles. The molecule has 1 aromatic carbocycles. The minimum atomic E-state index is -0.494. The SMILES string of the molecule is CCc1nc(N)c2c(n1)N(Cc1ccccc1F)C(c1cncc(F)c1)N2. The van der Waals surface area contributed by atoms with Crippen molar-refractivity contribution in [1.82, 2.24) is 15.0 Å². The van der Waals surface area contributed by atoms with Crippen LogP contribution >= 0.6 is 0 Å². The first-order valence-electron chi connectivity index (χ1n) is 8.60. The Hall–Kier alpha value is -3.29. The van der Waals surface area contributed by atoms with Gasteiger partial charge >= 0.3 is 0 Å². The highest BCUT2D eigenvalue weighted by atomic mass is 19.1. The molecule has 3 heterocycles. The normalized spacial score (nSPS) is 15.5. The van der Waals surface area contributed by atoms with Gasteiger partial charge in [-0.3, -0.25) is 4.98 Å². The first-order chi connectivity index (χ1) is 13.1. The number of benzene rings is 1. The van der Waals surface area contributed by atoms with Crippen molar-refractivity contribution in [3.63, 3.8) is 0 Å². The molecular formula is C19H18F2N6. The van der Waals surface area contributed by atoms with E-state index in [0.717, 1.165) is 6.20 Å². The van der Waals surface area contributed by atoms with Gasteiger partial charge in [0.1, 0.15) is 29.3 Å². The maximum atomic E-state index is 14.3. The Kier molecular flexibility index (Phi) is 4.31. The van der Waals surface area contributed by atoms with E-state index in [1.165, 1.54) is 12.1 Å². The fourth-order valence-electron chi connectivity index (χ4n) is 3.17. The number of hydrogen-bond acceptors (Lipinski definition) is 6. The number of aryl methyl sites for hydroxylation is 1. The van der Waals surface area contributed by atoms with Gasteiger partial charge in [0.05, 0.1) is 6.20 Å². The largest absolute Gasteiger partial charge is 0.382 e. The molecule has 0 radical (unpaired) electrons. The minimum Gasteiger partial charge on any atom is -0.382 e. The lowest BCUT2D eigenvalue weighted by Gasteiger charge is -2.26. The molecule has 1 atom stereocenters. The fraction of sp³-hybridized carbons (Fsp3) is 0.211. The predicted molar refractivity (Wildman–Crippen MR) is 99.0 cm³/mol. The molecule has 0 bridgehead atoms. The van der Waals surface area contributed by atoms with Gasteiger partial charge in [-0.1, -0.05) is 25.1 Å². The number of rotatable bonds is 4. The van der Waals surface area contributed by atoms with E-state index in [1.54, 1.807) is 24.4 Å². The van der Waals surface area contributed by atoms with Crippen molar-refractivity contribution in [2.24, 2.45) is 0 Å². The Labute approximate surface area is 155 Å². The summed E-state index contributed by atoms with van der Waals surface area (Å²) >= 11 is 0. The maximum absolute atomic E-state index is 14.3. The summed E-state index contributed by atoms with van der Waals surface area (Å²) in [7, 11) is 0. The first-order valence-corrected chi connectivity index (χ1v) is 8.60. The number of halogens is 2. The molecule has 3 aromatic rings. The molecule has 0 amide bonds. The second-order valence-electron chi connectivity index (χ2n) is 6.28. The lowest BCUT2D eigenvalue weighted by Crippen LogP contribution is -2.28. The second kappa shape index (κ2) is 6.79. The van der Waals surface area contributed by atoms with Crippen molar-refractivity contribution in [3.05, 3.63) is 71.3 Å².